The molecular formula is C12H21NO3S. The normalized spacial score (nSPS) is 23.2. The van der Waals surface area contributed by atoms with Crippen molar-refractivity contribution < 1.29 is 14.3 Å². The first-order valence-corrected chi connectivity index (χ1v) is 7.55. The number of hydrogen-bond donors (Lipinski definition) is 0. The van der Waals surface area contributed by atoms with Gasteiger partial charge in [0.2, 0.25) is 5.91 Å². The third kappa shape index (κ3) is 3.36. The summed E-state index contributed by atoms with van der Waals surface area (Å²) in [5.41, 5.74) is 0. The summed E-state index contributed by atoms with van der Waals surface area (Å²) in [4.78, 5) is 13.9. The van der Waals surface area contributed by atoms with Crippen LogP contribution in [0.15, 0.2) is 0 Å². The van der Waals surface area contributed by atoms with E-state index in [0.29, 0.717) is 19.6 Å². The number of ether oxygens (including phenoxy) is 2. The van der Waals surface area contributed by atoms with Gasteiger partial charge in [0.1, 0.15) is 0 Å². The van der Waals surface area contributed by atoms with Crippen molar-refractivity contribution in [3.05, 3.63) is 0 Å². The lowest BCUT2D eigenvalue weighted by atomic mass is 10.0. The van der Waals surface area contributed by atoms with E-state index in [2.05, 4.69) is 6.92 Å². The van der Waals surface area contributed by atoms with Crippen LogP contribution in [-0.2, 0) is 14.3 Å². The average molecular weight is 259 g/mol. The Labute approximate surface area is 107 Å². The van der Waals surface area contributed by atoms with Crippen LogP contribution in [0.3, 0.4) is 0 Å². The van der Waals surface area contributed by atoms with Crippen molar-refractivity contribution in [3.63, 3.8) is 0 Å². The van der Waals surface area contributed by atoms with Crippen molar-refractivity contribution in [1.29, 1.82) is 0 Å². The maximum absolute atomic E-state index is 11.9. The molecule has 0 aromatic rings. The summed E-state index contributed by atoms with van der Waals surface area (Å²) in [5.74, 6) is 1.93. The van der Waals surface area contributed by atoms with E-state index in [-0.39, 0.29) is 11.7 Å². The molecule has 0 bridgehead atoms. The Morgan fingerprint density at radius 1 is 1.29 bits per heavy atom. The van der Waals surface area contributed by atoms with Crippen molar-refractivity contribution in [2.45, 2.75) is 32.0 Å². The largest absolute Gasteiger partial charge is 0.347 e. The standard InChI is InChI=1S/C12H21NO3S/c1-2-17-10-3-11(14)13-6-4-12(5-7-13)15-8-9-16-12/h2-10H2,1H3. The third-order valence-electron chi connectivity index (χ3n) is 3.36. The van der Waals surface area contributed by atoms with Gasteiger partial charge < -0.3 is 14.4 Å². The van der Waals surface area contributed by atoms with Crippen molar-refractivity contribution in [1.82, 2.24) is 4.90 Å². The van der Waals surface area contributed by atoms with E-state index in [4.69, 9.17) is 9.47 Å². The van der Waals surface area contributed by atoms with Gasteiger partial charge in [-0.3, -0.25) is 4.79 Å². The summed E-state index contributed by atoms with van der Waals surface area (Å²) in [5, 5.41) is 0. The summed E-state index contributed by atoms with van der Waals surface area (Å²) in [7, 11) is 0. The number of likely N-dealkylation sites (tertiary alicyclic amines) is 1. The van der Waals surface area contributed by atoms with E-state index >= 15 is 0 Å². The Morgan fingerprint density at radius 3 is 2.53 bits per heavy atom. The molecule has 0 saturated carbocycles. The van der Waals surface area contributed by atoms with Crippen molar-refractivity contribution in [2.24, 2.45) is 0 Å². The second kappa shape index (κ2) is 6.07. The van der Waals surface area contributed by atoms with Crippen LogP contribution in [0.4, 0.5) is 0 Å². The van der Waals surface area contributed by atoms with Crippen LogP contribution in [0, 0.1) is 0 Å². The lowest BCUT2D eigenvalue weighted by Crippen LogP contribution is -2.47. The van der Waals surface area contributed by atoms with E-state index in [9.17, 15) is 4.79 Å². The Bertz CT molecular complexity index is 256. The number of hydrogen-bond acceptors (Lipinski definition) is 4. The van der Waals surface area contributed by atoms with Crippen LogP contribution in [0.25, 0.3) is 0 Å². The second-order valence-electron chi connectivity index (χ2n) is 4.44. The molecule has 0 unspecified atom stereocenters. The highest BCUT2D eigenvalue weighted by Crippen LogP contribution is 2.31. The first kappa shape index (κ1) is 13.2. The highest BCUT2D eigenvalue weighted by Gasteiger charge is 2.40. The molecule has 17 heavy (non-hydrogen) atoms. The van der Waals surface area contributed by atoms with E-state index in [1.807, 2.05) is 16.7 Å². The Balaban J connectivity index is 1.72. The zero-order valence-corrected chi connectivity index (χ0v) is 11.3. The molecule has 1 amide bonds. The van der Waals surface area contributed by atoms with Crippen molar-refractivity contribution >= 4 is 17.7 Å². The molecule has 2 fully saturated rings. The molecule has 0 atom stereocenters. The highest BCUT2D eigenvalue weighted by atomic mass is 32.2. The molecule has 2 heterocycles. The van der Waals surface area contributed by atoms with Gasteiger partial charge in [-0.05, 0) is 5.75 Å². The lowest BCUT2D eigenvalue weighted by Gasteiger charge is -2.37. The van der Waals surface area contributed by atoms with Crippen LogP contribution in [-0.4, -0.2) is 54.4 Å². The molecule has 0 radical (unpaired) electrons. The summed E-state index contributed by atoms with van der Waals surface area (Å²) in [6.45, 7) is 5.06. The molecule has 0 aromatic carbocycles. The molecule has 5 heteroatoms. The second-order valence-corrected chi connectivity index (χ2v) is 5.83. The number of carbonyl (C=O) groups is 1. The molecule has 0 aliphatic carbocycles. The summed E-state index contributed by atoms with van der Waals surface area (Å²) in [6, 6.07) is 0. The third-order valence-corrected chi connectivity index (χ3v) is 4.26. The van der Waals surface area contributed by atoms with Gasteiger partial charge in [-0.15, -0.1) is 0 Å². The topological polar surface area (TPSA) is 38.8 Å². The van der Waals surface area contributed by atoms with Gasteiger partial charge in [0.25, 0.3) is 0 Å². The molecule has 0 aromatic heterocycles. The zero-order chi connectivity index (χ0) is 12.1. The summed E-state index contributed by atoms with van der Waals surface area (Å²) in [6.07, 6.45) is 2.30. The van der Waals surface area contributed by atoms with E-state index < -0.39 is 0 Å². The fraction of sp³-hybridized carbons (Fsp3) is 0.917. The predicted octanol–water partition coefficient (Wildman–Crippen LogP) is 1.50. The van der Waals surface area contributed by atoms with Gasteiger partial charge in [-0.2, -0.15) is 11.8 Å². The summed E-state index contributed by atoms with van der Waals surface area (Å²) >= 11 is 1.82. The van der Waals surface area contributed by atoms with Crippen molar-refractivity contribution in [2.75, 3.05) is 37.8 Å². The number of rotatable bonds is 4. The SMILES string of the molecule is CCSCCC(=O)N1CCC2(CC1)OCCO2. The fourth-order valence-electron chi connectivity index (χ4n) is 2.34. The van der Waals surface area contributed by atoms with Crippen molar-refractivity contribution in [3.8, 4) is 0 Å². The first-order valence-electron chi connectivity index (χ1n) is 6.39. The number of carbonyl (C=O) groups excluding carboxylic acids is 1. The smallest absolute Gasteiger partial charge is 0.223 e. The predicted molar refractivity (Wildman–Crippen MR) is 68.1 cm³/mol. The first-order chi connectivity index (χ1) is 8.26. The molecular weight excluding hydrogens is 238 g/mol. The number of thioether (sulfide) groups is 1. The van der Waals surface area contributed by atoms with Gasteiger partial charge in [-0.1, -0.05) is 6.92 Å². The monoisotopic (exact) mass is 259 g/mol. The van der Waals surface area contributed by atoms with Crippen LogP contribution in [0.2, 0.25) is 0 Å². The molecule has 2 aliphatic heterocycles. The van der Waals surface area contributed by atoms with Crippen LogP contribution in [0.1, 0.15) is 26.2 Å². The Kier molecular flexibility index (Phi) is 4.70. The van der Waals surface area contributed by atoms with Crippen LogP contribution in [0.5, 0.6) is 0 Å². The molecule has 2 aliphatic rings. The number of nitrogens with zero attached hydrogens (tertiary/aromatic N) is 1. The number of piperidine rings is 1. The maximum atomic E-state index is 11.9. The molecule has 98 valence electrons. The van der Waals surface area contributed by atoms with E-state index in [1.54, 1.807) is 0 Å². The highest BCUT2D eigenvalue weighted by molar-refractivity contribution is 7.99. The minimum Gasteiger partial charge on any atom is -0.347 e. The van der Waals surface area contributed by atoms with Gasteiger partial charge in [-0.25, -0.2) is 0 Å². The van der Waals surface area contributed by atoms with Gasteiger partial charge in [0.15, 0.2) is 5.79 Å². The van der Waals surface area contributed by atoms with Gasteiger partial charge in [0.05, 0.1) is 13.2 Å². The van der Waals surface area contributed by atoms with Gasteiger partial charge >= 0.3 is 0 Å². The van der Waals surface area contributed by atoms with Crippen LogP contribution < -0.4 is 0 Å². The van der Waals surface area contributed by atoms with Crippen LogP contribution >= 0.6 is 11.8 Å². The van der Waals surface area contributed by atoms with Gasteiger partial charge in [0, 0.05) is 38.1 Å². The summed E-state index contributed by atoms with van der Waals surface area (Å²) < 4.78 is 11.3. The van der Waals surface area contributed by atoms with E-state index in [1.165, 1.54) is 0 Å². The van der Waals surface area contributed by atoms with E-state index in [0.717, 1.165) is 37.4 Å². The quantitative estimate of drug-likeness (QED) is 0.717. The fourth-order valence-corrected chi connectivity index (χ4v) is 2.95. The molecule has 2 saturated heterocycles. The molecule has 4 nitrogen and oxygen atoms in total. The Hall–Kier alpha value is -0.260. The maximum Gasteiger partial charge on any atom is 0.223 e. The molecule has 2 rings (SSSR count). The zero-order valence-electron chi connectivity index (χ0n) is 10.4. The number of amides is 1. The molecule has 1 spiro atoms. The molecule has 0 N–H and O–H groups in total. The minimum atomic E-state index is -0.366. The lowest BCUT2D eigenvalue weighted by molar-refractivity contribution is -0.187. The minimum absolute atomic E-state index is 0.277. The average Bonchev–Trinajstić information content (AvgIpc) is 2.79. The Morgan fingerprint density at radius 2 is 1.94 bits per heavy atom.